The van der Waals surface area contributed by atoms with Gasteiger partial charge in [0.05, 0.1) is 6.61 Å². The van der Waals surface area contributed by atoms with Gasteiger partial charge in [-0.15, -0.1) is 10.1 Å². The summed E-state index contributed by atoms with van der Waals surface area (Å²) in [6.45, 7) is 4.19. The highest BCUT2D eigenvalue weighted by atomic mass is 16.9. The molecule has 1 heterocycles. The predicted molar refractivity (Wildman–Crippen MR) is 114 cm³/mol. The summed E-state index contributed by atoms with van der Waals surface area (Å²) < 4.78 is 6.29. The van der Waals surface area contributed by atoms with Crippen LogP contribution in [0.4, 0.5) is 0 Å². The monoisotopic (exact) mass is 433 g/mol. The third kappa shape index (κ3) is 5.48. The predicted octanol–water partition coefficient (Wildman–Crippen LogP) is 4.77. The molecule has 3 rings (SSSR count). The second kappa shape index (κ2) is 9.58. The summed E-state index contributed by atoms with van der Waals surface area (Å²) in [6.07, 6.45) is 8.24. The summed E-state index contributed by atoms with van der Waals surface area (Å²) in [7, 11) is 0. The first-order chi connectivity index (χ1) is 14.7. The van der Waals surface area contributed by atoms with E-state index in [0.717, 1.165) is 37.7 Å². The Labute approximate surface area is 182 Å². The van der Waals surface area contributed by atoms with E-state index in [4.69, 9.17) is 4.74 Å². The Morgan fingerprint density at radius 1 is 1.26 bits per heavy atom. The second-order valence-corrected chi connectivity index (χ2v) is 8.97. The normalized spacial score (nSPS) is 21.3. The molecule has 1 aromatic rings. The lowest BCUT2D eigenvalue weighted by atomic mass is 9.67. The summed E-state index contributed by atoms with van der Waals surface area (Å²) in [4.78, 5) is 25.9. The van der Waals surface area contributed by atoms with Crippen LogP contribution in [0.1, 0.15) is 75.8 Å². The van der Waals surface area contributed by atoms with Crippen molar-refractivity contribution in [1.29, 1.82) is 0 Å². The third-order valence-electron chi connectivity index (χ3n) is 6.40. The number of allylic oxidation sites excluding steroid dienone is 1. The number of aromatic hydroxyl groups is 1. The average molecular weight is 434 g/mol. The van der Waals surface area contributed by atoms with Crippen molar-refractivity contribution >= 4 is 5.97 Å². The van der Waals surface area contributed by atoms with Crippen LogP contribution >= 0.6 is 0 Å². The fraction of sp³-hybridized carbons (Fsp3) is 0.609. The minimum Gasteiger partial charge on any atom is -0.507 e. The lowest BCUT2D eigenvalue weighted by Gasteiger charge is -2.46. The maximum absolute atomic E-state index is 11.5. The molecule has 0 unspecified atom stereocenters. The molecule has 0 spiro atoms. The molecule has 0 saturated heterocycles. The molecule has 2 aliphatic rings. The molecule has 170 valence electrons. The molecular formula is C23H31NO7. The summed E-state index contributed by atoms with van der Waals surface area (Å²) in [5.41, 5.74) is 1.63. The summed E-state index contributed by atoms with van der Waals surface area (Å²) in [5, 5.41) is 29.6. The fourth-order valence-corrected chi connectivity index (χ4v) is 4.84. The Kier molecular flexibility index (Phi) is 7.08. The van der Waals surface area contributed by atoms with Crippen LogP contribution in [0.2, 0.25) is 0 Å². The first-order valence-electron chi connectivity index (χ1n) is 10.9. The first kappa shape index (κ1) is 22.9. The molecule has 0 fully saturated rings. The van der Waals surface area contributed by atoms with Gasteiger partial charge in [-0.1, -0.05) is 25.3 Å². The third-order valence-corrected chi connectivity index (χ3v) is 6.40. The molecule has 0 bridgehead atoms. The van der Waals surface area contributed by atoms with Crippen molar-refractivity contribution in [3.63, 3.8) is 0 Å². The number of ether oxygens (including phenoxy) is 1. The maximum atomic E-state index is 11.5. The molecule has 31 heavy (non-hydrogen) atoms. The van der Waals surface area contributed by atoms with Crippen molar-refractivity contribution in [2.45, 2.75) is 76.7 Å². The standard InChI is InChI=1S/C23H31NO7/c1-23(2)18-10-9-16(22(26)27)14-17(18)21-19(25)12-15(13-20(21)31-23)8-6-4-3-5-7-11-30-24(28)29/h12-14,17-18,25H,3-11H2,1-2H3,(H,26,27)/t17-,18-/m1/s1. The first-order valence-corrected chi connectivity index (χ1v) is 10.9. The van der Waals surface area contributed by atoms with E-state index in [1.165, 1.54) is 0 Å². The van der Waals surface area contributed by atoms with E-state index in [0.29, 0.717) is 36.1 Å². The van der Waals surface area contributed by atoms with Gasteiger partial charge in [0.25, 0.3) is 5.09 Å². The zero-order chi connectivity index (χ0) is 22.6. The number of carbonyl (C=O) groups is 1. The number of rotatable bonds is 10. The molecule has 0 saturated carbocycles. The number of phenolic OH excluding ortho intramolecular Hbond substituents is 1. The summed E-state index contributed by atoms with van der Waals surface area (Å²) >= 11 is 0. The number of aryl methyl sites for hydroxylation is 1. The van der Waals surface area contributed by atoms with Crippen LogP contribution in [0.25, 0.3) is 0 Å². The Morgan fingerprint density at radius 2 is 1.97 bits per heavy atom. The van der Waals surface area contributed by atoms with Gasteiger partial charge in [-0.2, -0.15) is 0 Å². The molecule has 0 aromatic heterocycles. The van der Waals surface area contributed by atoms with Gasteiger partial charge in [0, 0.05) is 23.0 Å². The van der Waals surface area contributed by atoms with Gasteiger partial charge in [0.2, 0.25) is 0 Å². The van der Waals surface area contributed by atoms with Crippen LogP contribution in [-0.2, 0) is 16.1 Å². The van der Waals surface area contributed by atoms with E-state index in [-0.39, 0.29) is 24.2 Å². The van der Waals surface area contributed by atoms with Gasteiger partial charge < -0.3 is 19.8 Å². The highest BCUT2D eigenvalue weighted by Crippen LogP contribution is 2.53. The Morgan fingerprint density at radius 3 is 2.68 bits per heavy atom. The van der Waals surface area contributed by atoms with E-state index >= 15 is 0 Å². The number of hydrogen-bond donors (Lipinski definition) is 2. The second-order valence-electron chi connectivity index (χ2n) is 8.97. The quantitative estimate of drug-likeness (QED) is 0.310. The van der Waals surface area contributed by atoms with E-state index < -0.39 is 16.7 Å². The SMILES string of the molecule is CC1(C)Oc2cc(CCCCCCCO[N+](=O)[O-])cc(O)c2[C@@H]2C=C(C(=O)O)CC[C@H]21. The zero-order valence-corrected chi connectivity index (χ0v) is 18.1. The molecule has 0 radical (unpaired) electrons. The largest absolute Gasteiger partial charge is 0.507 e. The van der Waals surface area contributed by atoms with Crippen molar-refractivity contribution in [2.75, 3.05) is 6.61 Å². The van der Waals surface area contributed by atoms with Gasteiger partial charge >= 0.3 is 5.97 Å². The Hall–Kier alpha value is -2.77. The lowest BCUT2D eigenvalue weighted by Crippen LogP contribution is -2.45. The molecule has 0 amide bonds. The Bertz CT molecular complexity index is 862. The highest BCUT2D eigenvalue weighted by Gasteiger charge is 2.46. The number of nitrogens with zero attached hydrogens (tertiary/aromatic N) is 1. The molecule has 1 aromatic carbocycles. The van der Waals surface area contributed by atoms with Gasteiger partial charge in [0.15, 0.2) is 0 Å². The van der Waals surface area contributed by atoms with Crippen LogP contribution in [0.3, 0.4) is 0 Å². The number of carboxylic acid groups (broad SMARTS) is 1. The highest BCUT2D eigenvalue weighted by molar-refractivity contribution is 5.87. The fourth-order valence-electron chi connectivity index (χ4n) is 4.84. The van der Waals surface area contributed by atoms with E-state index in [1.54, 1.807) is 12.1 Å². The molecule has 8 nitrogen and oxygen atoms in total. The van der Waals surface area contributed by atoms with Crippen molar-refractivity contribution in [3.05, 3.63) is 45.0 Å². The van der Waals surface area contributed by atoms with E-state index in [1.807, 2.05) is 19.9 Å². The van der Waals surface area contributed by atoms with Gasteiger partial charge in [-0.05, 0) is 63.6 Å². The van der Waals surface area contributed by atoms with Gasteiger partial charge in [-0.3, -0.25) is 0 Å². The van der Waals surface area contributed by atoms with E-state index in [9.17, 15) is 25.1 Å². The molecule has 2 atom stereocenters. The van der Waals surface area contributed by atoms with Crippen molar-refractivity contribution in [3.8, 4) is 11.5 Å². The lowest BCUT2D eigenvalue weighted by molar-refractivity contribution is -0.757. The maximum Gasteiger partial charge on any atom is 0.331 e. The van der Waals surface area contributed by atoms with E-state index in [2.05, 4.69) is 4.84 Å². The number of benzene rings is 1. The topological polar surface area (TPSA) is 119 Å². The molecular weight excluding hydrogens is 402 g/mol. The van der Waals surface area contributed by atoms with Crippen LogP contribution < -0.4 is 4.74 Å². The van der Waals surface area contributed by atoms with Crippen LogP contribution in [0.5, 0.6) is 11.5 Å². The van der Waals surface area contributed by atoms with Crippen LogP contribution in [-0.4, -0.2) is 33.5 Å². The number of aliphatic carboxylic acids is 1. The molecule has 1 aliphatic carbocycles. The molecule has 2 N–H and O–H groups in total. The Balaban J connectivity index is 1.65. The number of fused-ring (bicyclic) bond motifs is 3. The van der Waals surface area contributed by atoms with Gasteiger partial charge in [0.1, 0.15) is 17.1 Å². The number of carboxylic acids is 1. The number of unbranched alkanes of at least 4 members (excludes halogenated alkanes) is 4. The molecule has 1 aliphatic heterocycles. The van der Waals surface area contributed by atoms with Crippen molar-refractivity contribution < 1.29 is 29.7 Å². The summed E-state index contributed by atoms with van der Waals surface area (Å²) in [5.74, 6) is -0.155. The smallest absolute Gasteiger partial charge is 0.331 e. The zero-order valence-electron chi connectivity index (χ0n) is 18.1. The van der Waals surface area contributed by atoms with Crippen LogP contribution in [0.15, 0.2) is 23.8 Å². The number of hydrogen-bond acceptors (Lipinski definition) is 6. The minimum atomic E-state index is -0.898. The average Bonchev–Trinajstić information content (AvgIpc) is 2.68. The summed E-state index contributed by atoms with van der Waals surface area (Å²) in [6, 6.07) is 3.74. The minimum absolute atomic E-state index is 0.110. The van der Waals surface area contributed by atoms with Crippen molar-refractivity contribution in [2.24, 2.45) is 5.92 Å². The molecule has 8 heteroatoms. The van der Waals surface area contributed by atoms with Gasteiger partial charge in [-0.25, -0.2) is 4.79 Å². The van der Waals surface area contributed by atoms with Crippen molar-refractivity contribution in [1.82, 2.24) is 0 Å². The van der Waals surface area contributed by atoms with Crippen LogP contribution in [0, 0.1) is 16.0 Å². The number of phenols is 1.